The molecule has 0 saturated heterocycles. The van der Waals surface area contributed by atoms with Crippen LogP contribution in [0.25, 0.3) is 0 Å². The number of aromatic hydroxyl groups is 1. The maximum Gasteiger partial charge on any atom is 0.247 e. The Kier molecular flexibility index (Phi) is 3.90. The maximum atomic E-state index is 13.7. The molecule has 0 unspecified atom stereocenters. The van der Waals surface area contributed by atoms with Gasteiger partial charge in [-0.1, -0.05) is 0 Å². The standard InChI is InChI=1S/C17H13F3N2O3/c18-11-3-1-9(7-12(11)19)22(10-2-4-14(23)13(20)8-10)16(25)17(5-6-17)15(21)24/h1-4,7-8,23H,5-6H2,(H2,21,24). The Labute approximate surface area is 140 Å². The van der Waals surface area contributed by atoms with Crippen molar-refractivity contribution in [1.29, 1.82) is 0 Å². The van der Waals surface area contributed by atoms with Crippen molar-refractivity contribution in [1.82, 2.24) is 0 Å². The van der Waals surface area contributed by atoms with Crippen molar-refractivity contribution >= 4 is 23.2 Å². The summed E-state index contributed by atoms with van der Waals surface area (Å²) < 4.78 is 40.5. The van der Waals surface area contributed by atoms with Crippen LogP contribution in [0.2, 0.25) is 0 Å². The summed E-state index contributed by atoms with van der Waals surface area (Å²) in [6.45, 7) is 0. The van der Waals surface area contributed by atoms with Crippen LogP contribution in [0.15, 0.2) is 36.4 Å². The van der Waals surface area contributed by atoms with Gasteiger partial charge in [0.2, 0.25) is 11.8 Å². The van der Waals surface area contributed by atoms with Crippen LogP contribution in [0.3, 0.4) is 0 Å². The lowest BCUT2D eigenvalue weighted by Gasteiger charge is -2.26. The third-order valence-electron chi connectivity index (χ3n) is 4.18. The highest BCUT2D eigenvalue weighted by atomic mass is 19.2. The molecule has 0 radical (unpaired) electrons. The van der Waals surface area contributed by atoms with Gasteiger partial charge >= 0.3 is 0 Å². The van der Waals surface area contributed by atoms with Crippen LogP contribution in [-0.2, 0) is 9.59 Å². The Bertz CT molecular complexity index is 830. The third kappa shape index (κ3) is 2.79. The van der Waals surface area contributed by atoms with E-state index in [-0.39, 0.29) is 24.2 Å². The van der Waals surface area contributed by atoms with Crippen molar-refractivity contribution in [2.45, 2.75) is 12.8 Å². The molecule has 25 heavy (non-hydrogen) atoms. The molecule has 0 spiro atoms. The highest BCUT2D eigenvalue weighted by Gasteiger charge is 2.57. The van der Waals surface area contributed by atoms with Gasteiger partial charge in [0.05, 0.1) is 11.4 Å². The number of phenols is 1. The minimum atomic E-state index is -1.46. The number of phenolic OH excluding ortho intramolecular Hbond substituents is 1. The molecule has 0 bridgehead atoms. The number of hydrogen-bond donors (Lipinski definition) is 2. The van der Waals surface area contributed by atoms with Crippen molar-refractivity contribution in [2.24, 2.45) is 11.1 Å². The van der Waals surface area contributed by atoms with Gasteiger partial charge in [-0.15, -0.1) is 0 Å². The molecule has 2 amide bonds. The van der Waals surface area contributed by atoms with E-state index < -0.39 is 40.4 Å². The van der Waals surface area contributed by atoms with Crippen molar-refractivity contribution in [3.8, 4) is 5.75 Å². The number of benzene rings is 2. The fraction of sp³-hybridized carbons (Fsp3) is 0.176. The molecular weight excluding hydrogens is 337 g/mol. The predicted octanol–water partition coefficient (Wildman–Crippen LogP) is 2.74. The monoisotopic (exact) mass is 350 g/mol. The zero-order chi connectivity index (χ0) is 18.4. The summed E-state index contributed by atoms with van der Waals surface area (Å²) in [5.74, 6) is -5.60. The average Bonchev–Trinajstić information content (AvgIpc) is 3.36. The summed E-state index contributed by atoms with van der Waals surface area (Å²) in [6, 6.07) is 5.77. The van der Waals surface area contributed by atoms with Crippen molar-refractivity contribution in [3.63, 3.8) is 0 Å². The second-order valence-electron chi connectivity index (χ2n) is 5.82. The van der Waals surface area contributed by atoms with Crippen LogP contribution in [0.1, 0.15) is 12.8 Å². The van der Waals surface area contributed by atoms with Crippen LogP contribution in [0.5, 0.6) is 5.75 Å². The lowest BCUT2D eigenvalue weighted by molar-refractivity contribution is -0.133. The maximum absolute atomic E-state index is 13.7. The first-order valence-corrected chi connectivity index (χ1v) is 7.34. The molecule has 1 saturated carbocycles. The van der Waals surface area contributed by atoms with E-state index in [0.29, 0.717) is 0 Å². The van der Waals surface area contributed by atoms with E-state index in [4.69, 9.17) is 5.73 Å². The summed E-state index contributed by atoms with van der Waals surface area (Å²) >= 11 is 0. The molecule has 2 aromatic carbocycles. The Morgan fingerprint density at radius 1 is 0.960 bits per heavy atom. The molecule has 3 rings (SSSR count). The highest BCUT2D eigenvalue weighted by molar-refractivity contribution is 6.16. The molecule has 130 valence electrons. The van der Waals surface area contributed by atoms with Crippen LogP contribution >= 0.6 is 0 Å². The lowest BCUT2D eigenvalue weighted by Crippen LogP contribution is -2.41. The van der Waals surface area contributed by atoms with E-state index in [1.165, 1.54) is 6.07 Å². The van der Waals surface area contributed by atoms with E-state index >= 15 is 0 Å². The van der Waals surface area contributed by atoms with Gasteiger partial charge in [0.1, 0.15) is 5.41 Å². The molecule has 2 aromatic rings. The number of nitrogens with two attached hydrogens (primary N) is 1. The van der Waals surface area contributed by atoms with Crippen molar-refractivity contribution in [2.75, 3.05) is 4.90 Å². The summed E-state index contributed by atoms with van der Waals surface area (Å²) in [6.07, 6.45) is 0.420. The van der Waals surface area contributed by atoms with Crippen LogP contribution in [0, 0.1) is 22.9 Å². The Morgan fingerprint density at radius 3 is 2.00 bits per heavy atom. The second-order valence-corrected chi connectivity index (χ2v) is 5.82. The fourth-order valence-corrected chi connectivity index (χ4v) is 2.55. The molecule has 1 aliphatic rings. The Balaban J connectivity index is 2.14. The molecule has 0 atom stereocenters. The zero-order valence-electron chi connectivity index (χ0n) is 12.8. The Morgan fingerprint density at radius 2 is 1.52 bits per heavy atom. The lowest BCUT2D eigenvalue weighted by atomic mass is 10.0. The fourth-order valence-electron chi connectivity index (χ4n) is 2.55. The minimum absolute atomic E-state index is 0.0566. The van der Waals surface area contributed by atoms with Crippen LogP contribution < -0.4 is 10.6 Å². The molecule has 1 aliphatic carbocycles. The van der Waals surface area contributed by atoms with Gasteiger partial charge in [0.25, 0.3) is 0 Å². The number of carbonyl (C=O) groups is 2. The van der Waals surface area contributed by atoms with Gasteiger partial charge in [-0.05, 0) is 37.1 Å². The Hall–Kier alpha value is -3.03. The largest absolute Gasteiger partial charge is 0.505 e. The van der Waals surface area contributed by atoms with E-state index in [1.54, 1.807) is 0 Å². The van der Waals surface area contributed by atoms with E-state index in [1.807, 2.05) is 0 Å². The quantitative estimate of drug-likeness (QED) is 0.832. The van der Waals surface area contributed by atoms with Gasteiger partial charge < -0.3 is 10.8 Å². The molecule has 8 heteroatoms. The number of rotatable bonds is 4. The number of primary amides is 1. The summed E-state index contributed by atoms with van der Waals surface area (Å²) in [7, 11) is 0. The van der Waals surface area contributed by atoms with Gasteiger partial charge in [0.15, 0.2) is 23.2 Å². The number of hydrogen-bond acceptors (Lipinski definition) is 3. The molecule has 0 aromatic heterocycles. The van der Waals surface area contributed by atoms with Crippen LogP contribution in [-0.4, -0.2) is 16.9 Å². The number of halogens is 3. The first-order chi connectivity index (χ1) is 11.8. The first-order valence-electron chi connectivity index (χ1n) is 7.34. The van der Waals surface area contributed by atoms with Gasteiger partial charge in [-0.25, -0.2) is 13.2 Å². The molecule has 0 aliphatic heterocycles. The van der Waals surface area contributed by atoms with Gasteiger partial charge in [-0.3, -0.25) is 14.5 Å². The minimum Gasteiger partial charge on any atom is -0.505 e. The predicted molar refractivity (Wildman–Crippen MR) is 82.4 cm³/mol. The zero-order valence-corrected chi connectivity index (χ0v) is 12.8. The van der Waals surface area contributed by atoms with Crippen molar-refractivity contribution in [3.05, 3.63) is 53.8 Å². The first kappa shape index (κ1) is 16.8. The van der Waals surface area contributed by atoms with Gasteiger partial charge in [-0.2, -0.15) is 0 Å². The average molecular weight is 350 g/mol. The smallest absolute Gasteiger partial charge is 0.247 e. The third-order valence-corrected chi connectivity index (χ3v) is 4.18. The molecule has 3 N–H and O–H groups in total. The molecule has 0 heterocycles. The van der Waals surface area contributed by atoms with E-state index in [2.05, 4.69) is 0 Å². The number of anilines is 2. The van der Waals surface area contributed by atoms with E-state index in [9.17, 15) is 27.9 Å². The topological polar surface area (TPSA) is 83.6 Å². The number of nitrogens with zero attached hydrogens (tertiary/aromatic N) is 1. The molecular formula is C17H13F3N2O3. The van der Waals surface area contributed by atoms with Crippen LogP contribution in [0.4, 0.5) is 24.5 Å². The summed E-state index contributed by atoms with van der Waals surface area (Å²) in [4.78, 5) is 25.4. The molecule has 5 nitrogen and oxygen atoms in total. The van der Waals surface area contributed by atoms with Gasteiger partial charge in [0, 0.05) is 12.1 Å². The number of amides is 2. The van der Waals surface area contributed by atoms with Crippen molar-refractivity contribution < 1.29 is 27.9 Å². The summed E-state index contributed by atoms with van der Waals surface area (Å²) in [5, 5.41) is 9.31. The summed E-state index contributed by atoms with van der Waals surface area (Å²) in [5.41, 5.74) is 3.69. The van der Waals surface area contributed by atoms with E-state index in [0.717, 1.165) is 35.2 Å². The number of carbonyl (C=O) groups excluding carboxylic acids is 2. The SMILES string of the molecule is NC(=O)C1(C(=O)N(c2ccc(O)c(F)c2)c2ccc(F)c(F)c2)CC1. The highest BCUT2D eigenvalue weighted by Crippen LogP contribution is 2.49. The second kappa shape index (κ2) is 5.80. The normalized spacial score (nSPS) is 14.8. The molecule has 1 fully saturated rings.